The summed E-state index contributed by atoms with van der Waals surface area (Å²) in [4.78, 5) is 18.1. The summed E-state index contributed by atoms with van der Waals surface area (Å²) in [5, 5.41) is 6.00. The zero-order valence-corrected chi connectivity index (χ0v) is 17.1. The van der Waals surface area contributed by atoms with Crippen LogP contribution < -0.4 is 5.56 Å². The molecule has 1 fully saturated rings. The average molecular weight is 404 g/mol. The van der Waals surface area contributed by atoms with Gasteiger partial charge in [-0.3, -0.25) is 9.36 Å². The number of aryl methyl sites for hydroxylation is 2. The smallest absolute Gasteiger partial charge is 0.262 e. The topological polar surface area (TPSA) is 60.9 Å². The van der Waals surface area contributed by atoms with Gasteiger partial charge in [0.1, 0.15) is 5.76 Å². The first-order valence-corrected chi connectivity index (χ1v) is 10.7. The van der Waals surface area contributed by atoms with Gasteiger partial charge in [-0.15, -0.1) is 0 Å². The van der Waals surface area contributed by atoms with Gasteiger partial charge in [-0.25, -0.2) is 4.98 Å². The highest BCUT2D eigenvalue weighted by Gasteiger charge is 2.22. The standard InChI is InChI=1S/C20H22ClN3O2S/c1-12-17(13(2)26-23-12)11-27-20-22-18-10-14(21)8-9-16(18)19(25)24(20)15-6-4-3-5-7-15/h8-10,15H,3-7,11H2,1-2H3. The SMILES string of the molecule is Cc1noc(C)c1CSc1nc2cc(Cl)ccc2c(=O)n1C1CCCCC1. The fraction of sp³-hybridized carbons (Fsp3) is 0.450. The third-order valence-corrected chi connectivity index (χ3v) is 6.51. The van der Waals surface area contributed by atoms with Crippen molar-refractivity contribution in [3.63, 3.8) is 0 Å². The van der Waals surface area contributed by atoms with Crippen molar-refractivity contribution < 1.29 is 4.52 Å². The van der Waals surface area contributed by atoms with Crippen LogP contribution in [0.5, 0.6) is 0 Å². The minimum atomic E-state index is 0.0322. The van der Waals surface area contributed by atoms with Crippen molar-refractivity contribution in [2.45, 2.75) is 62.9 Å². The van der Waals surface area contributed by atoms with E-state index in [-0.39, 0.29) is 11.6 Å². The van der Waals surface area contributed by atoms with Gasteiger partial charge in [0.25, 0.3) is 5.56 Å². The van der Waals surface area contributed by atoms with Gasteiger partial charge in [0.05, 0.1) is 16.6 Å². The summed E-state index contributed by atoms with van der Waals surface area (Å²) in [5.74, 6) is 1.49. The highest BCUT2D eigenvalue weighted by molar-refractivity contribution is 7.98. The predicted molar refractivity (Wildman–Crippen MR) is 109 cm³/mol. The number of aromatic nitrogens is 3. The Morgan fingerprint density at radius 1 is 1.26 bits per heavy atom. The Labute approximate surface area is 167 Å². The van der Waals surface area contributed by atoms with Crippen molar-refractivity contribution >= 4 is 34.3 Å². The van der Waals surface area contributed by atoms with E-state index >= 15 is 0 Å². The van der Waals surface area contributed by atoms with Crippen molar-refractivity contribution in [2.24, 2.45) is 0 Å². The molecule has 0 amide bonds. The third-order valence-electron chi connectivity index (χ3n) is 5.30. The number of halogens is 1. The molecule has 4 rings (SSSR count). The van der Waals surface area contributed by atoms with Crippen LogP contribution in [0.3, 0.4) is 0 Å². The van der Waals surface area contributed by atoms with Crippen LogP contribution in [0.4, 0.5) is 0 Å². The molecule has 5 nitrogen and oxygen atoms in total. The predicted octanol–water partition coefficient (Wildman–Crippen LogP) is 5.45. The molecule has 7 heteroatoms. The maximum absolute atomic E-state index is 13.3. The number of hydrogen-bond donors (Lipinski definition) is 0. The lowest BCUT2D eigenvalue weighted by Gasteiger charge is -2.26. The molecule has 0 atom stereocenters. The summed E-state index contributed by atoms with van der Waals surface area (Å²) in [6, 6.07) is 5.53. The molecule has 0 saturated heterocycles. The van der Waals surface area contributed by atoms with Crippen LogP contribution in [0.15, 0.2) is 32.7 Å². The third kappa shape index (κ3) is 3.65. The molecule has 1 aliphatic carbocycles. The zero-order chi connectivity index (χ0) is 19.0. The van der Waals surface area contributed by atoms with E-state index in [1.165, 1.54) is 6.42 Å². The zero-order valence-electron chi connectivity index (χ0n) is 15.5. The summed E-state index contributed by atoms with van der Waals surface area (Å²) in [6.07, 6.45) is 5.61. The number of hydrogen-bond acceptors (Lipinski definition) is 5. The molecular weight excluding hydrogens is 382 g/mol. The first-order valence-electron chi connectivity index (χ1n) is 9.31. The molecule has 0 radical (unpaired) electrons. The van der Waals surface area contributed by atoms with Crippen LogP contribution in [0, 0.1) is 13.8 Å². The Kier molecular flexibility index (Phi) is 5.28. The van der Waals surface area contributed by atoms with Gasteiger partial charge in [-0.1, -0.05) is 47.8 Å². The Balaban J connectivity index is 1.79. The van der Waals surface area contributed by atoms with Crippen molar-refractivity contribution in [3.05, 3.63) is 50.6 Å². The Morgan fingerprint density at radius 3 is 2.74 bits per heavy atom. The number of fused-ring (bicyclic) bond motifs is 1. The van der Waals surface area contributed by atoms with Crippen molar-refractivity contribution in [3.8, 4) is 0 Å². The highest BCUT2D eigenvalue weighted by Crippen LogP contribution is 2.33. The summed E-state index contributed by atoms with van der Waals surface area (Å²) in [7, 11) is 0. The second-order valence-electron chi connectivity index (χ2n) is 7.11. The van der Waals surface area contributed by atoms with Crippen molar-refractivity contribution in [1.29, 1.82) is 0 Å². The molecule has 1 aromatic carbocycles. The van der Waals surface area contributed by atoms with E-state index in [0.29, 0.717) is 21.7 Å². The molecule has 27 heavy (non-hydrogen) atoms. The molecule has 0 spiro atoms. The first kappa shape index (κ1) is 18.6. The van der Waals surface area contributed by atoms with Crippen LogP contribution in [0.25, 0.3) is 10.9 Å². The number of rotatable bonds is 4. The fourth-order valence-corrected chi connectivity index (χ4v) is 5.15. The summed E-state index contributed by atoms with van der Waals surface area (Å²) in [6.45, 7) is 3.85. The summed E-state index contributed by atoms with van der Waals surface area (Å²) < 4.78 is 7.19. The molecule has 3 aromatic rings. The average Bonchev–Trinajstić information content (AvgIpc) is 2.98. The van der Waals surface area contributed by atoms with E-state index < -0.39 is 0 Å². The molecule has 2 heterocycles. The Morgan fingerprint density at radius 2 is 2.04 bits per heavy atom. The van der Waals surface area contributed by atoms with E-state index in [0.717, 1.165) is 47.9 Å². The van der Waals surface area contributed by atoms with Gasteiger partial charge in [0.15, 0.2) is 5.16 Å². The molecule has 142 valence electrons. The number of benzene rings is 1. The van der Waals surface area contributed by atoms with Crippen LogP contribution in [-0.4, -0.2) is 14.7 Å². The Bertz CT molecular complexity index is 1020. The summed E-state index contributed by atoms with van der Waals surface area (Å²) >= 11 is 7.71. The number of nitrogens with zero attached hydrogens (tertiary/aromatic N) is 3. The monoisotopic (exact) mass is 403 g/mol. The van der Waals surface area contributed by atoms with Crippen LogP contribution in [0.1, 0.15) is 55.2 Å². The highest BCUT2D eigenvalue weighted by atomic mass is 35.5. The lowest BCUT2D eigenvalue weighted by Crippen LogP contribution is -2.29. The number of thioether (sulfide) groups is 1. The van der Waals surface area contributed by atoms with Gasteiger partial charge in [0, 0.05) is 22.4 Å². The normalized spacial score (nSPS) is 15.5. The van der Waals surface area contributed by atoms with E-state index in [1.54, 1.807) is 30.0 Å². The van der Waals surface area contributed by atoms with Crippen LogP contribution >= 0.6 is 23.4 Å². The van der Waals surface area contributed by atoms with Gasteiger partial charge in [-0.2, -0.15) is 0 Å². The molecule has 2 aromatic heterocycles. The summed E-state index contributed by atoms with van der Waals surface area (Å²) in [5.41, 5.74) is 2.64. The molecule has 0 bridgehead atoms. The van der Waals surface area contributed by atoms with E-state index in [2.05, 4.69) is 5.16 Å². The van der Waals surface area contributed by atoms with Crippen molar-refractivity contribution in [2.75, 3.05) is 0 Å². The van der Waals surface area contributed by atoms with Gasteiger partial charge >= 0.3 is 0 Å². The van der Waals surface area contributed by atoms with E-state index in [9.17, 15) is 4.79 Å². The van der Waals surface area contributed by atoms with E-state index in [4.69, 9.17) is 21.1 Å². The Hall–Kier alpha value is -1.79. The molecule has 0 aliphatic heterocycles. The molecule has 1 saturated carbocycles. The molecular formula is C20H22ClN3O2S. The largest absolute Gasteiger partial charge is 0.361 e. The van der Waals surface area contributed by atoms with Gasteiger partial charge in [-0.05, 0) is 44.9 Å². The van der Waals surface area contributed by atoms with Crippen molar-refractivity contribution in [1.82, 2.24) is 14.7 Å². The maximum atomic E-state index is 13.3. The quantitative estimate of drug-likeness (QED) is 0.428. The second-order valence-corrected chi connectivity index (χ2v) is 8.49. The van der Waals surface area contributed by atoms with Crippen LogP contribution in [0.2, 0.25) is 5.02 Å². The molecule has 0 unspecified atom stereocenters. The molecule has 0 N–H and O–H groups in total. The van der Waals surface area contributed by atoms with Gasteiger partial charge in [0.2, 0.25) is 0 Å². The fourth-order valence-electron chi connectivity index (χ4n) is 3.76. The van der Waals surface area contributed by atoms with E-state index in [1.807, 2.05) is 18.4 Å². The maximum Gasteiger partial charge on any atom is 0.262 e. The minimum absolute atomic E-state index is 0.0322. The molecule has 1 aliphatic rings. The van der Waals surface area contributed by atoms with Crippen LogP contribution in [-0.2, 0) is 5.75 Å². The first-order chi connectivity index (χ1) is 13.0. The lowest BCUT2D eigenvalue weighted by molar-refractivity contribution is 0.326. The minimum Gasteiger partial charge on any atom is -0.361 e. The van der Waals surface area contributed by atoms with Gasteiger partial charge < -0.3 is 4.52 Å². The second kappa shape index (κ2) is 7.68. The lowest BCUT2D eigenvalue weighted by atomic mass is 9.95.